The molecule has 50 heavy (non-hydrogen) atoms. The van der Waals surface area contributed by atoms with Gasteiger partial charge >= 0.3 is 18.5 Å². The number of halogens is 6. The highest BCUT2D eigenvalue weighted by molar-refractivity contribution is 5.69. The zero-order valence-corrected chi connectivity index (χ0v) is 25.7. The number of nitro benzene ring substituents is 2. The van der Waals surface area contributed by atoms with E-state index in [1.54, 1.807) is 0 Å². The molecule has 2 N–H and O–H groups in total. The summed E-state index contributed by atoms with van der Waals surface area (Å²) in [4.78, 5) is 61.8. The van der Waals surface area contributed by atoms with E-state index in [9.17, 15) is 61.0 Å². The standard InChI is InChI=1S/C31H24F6N4O9/c1-15(19-11-23(30(32,33)34)27(42)38-13-19)7-17-9-21(40(45)46)3-5-25(17)49-29(44)50-26-6-4-22(41(47)48)10-18(26)8-16(2)20-12-24(31(35,36)37)28(43)39-14-20/h3-6,9-16H,7-8H2,1-2H3,(H,38,42)(H,39,43). The van der Waals surface area contributed by atoms with Gasteiger partial charge in [-0.05, 0) is 60.1 Å². The SMILES string of the molecule is CC(Cc1cc([N+](=O)[O-])ccc1OC(=O)Oc1ccc([N+](=O)[O-])cc1CC(C)c1c[nH]c(=O)c(C(F)(F)F)c1)c1c[nH]c(=O)c(C(F)(F)F)c1. The van der Waals surface area contributed by atoms with Crippen molar-refractivity contribution in [1.29, 1.82) is 0 Å². The van der Waals surface area contributed by atoms with Crippen LogP contribution in [0.15, 0.2) is 70.5 Å². The minimum Gasteiger partial charge on any atom is -0.394 e. The number of rotatable bonds is 10. The largest absolute Gasteiger partial charge is 0.519 e. The number of pyridine rings is 2. The fraction of sp³-hybridized carbons (Fsp3) is 0.258. The molecule has 0 bridgehead atoms. The van der Waals surface area contributed by atoms with Gasteiger partial charge in [-0.25, -0.2) is 4.79 Å². The average molecular weight is 711 g/mol. The predicted octanol–water partition coefficient (Wildman–Crippen LogP) is 7.19. The van der Waals surface area contributed by atoms with Crippen molar-refractivity contribution < 1.29 is 50.5 Å². The highest BCUT2D eigenvalue weighted by Crippen LogP contribution is 2.35. The Bertz CT molecular complexity index is 1930. The van der Waals surface area contributed by atoms with Crippen LogP contribution >= 0.6 is 0 Å². The number of aromatic nitrogens is 2. The van der Waals surface area contributed by atoms with E-state index in [4.69, 9.17) is 9.47 Å². The van der Waals surface area contributed by atoms with Gasteiger partial charge in [0.1, 0.15) is 22.6 Å². The molecule has 0 aliphatic heterocycles. The van der Waals surface area contributed by atoms with Crippen molar-refractivity contribution in [1.82, 2.24) is 9.97 Å². The lowest BCUT2D eigenvalue weighted by Gasteiger charge is -2.17. The number of hydrogen-bond acceptors (Lipinski definition) is 9. The monoisotopic (exact) mass is 710 g/mol. The third-order valence-corrected chi connectivity index (χ3v) is 7.55. The van der Waals surface area contributed by atoms with E-state index in [1.165, 1.54) is 13.8 Å². The van der Waals surface area contributed by atoms with E-state index < -0.39 is 73.8 Å². The highest BCUT2D eigenvalue weighted by Gasteiger charge is 2.35. The number of nitrogens with one attached hydrogen (secondary N) is 2. The summed E-state index contributed by atoms with van der Waals surface area (Å²) in [5, 5.41) is 22.9. The molecule has 2 atom stereocenters. The molecule has 0 amide bonds. The van der Waals surface area contributed by atoms with Crippen molar-refractivity contribution in [2.75, 3.05) is 0 Å². The fourth-order valence-electron chi connectivity index (χ4n) is 4.96. The van der Waals surface area contributed by atoms with Crippen LogP contribution in [-0.4, -0.2) is 26.0 Å². The molecule has 0 saturated heterocycles. The van der Waals surface area contributed by atoms with Gasteiger partial charge in [-0.2, -0.15) is 26.3 Å². The Morgan fingerprint density at radius 2 is 1.06 bits per heavy atom. The second kappa shape index (κ2) is 14.2. The molecule has 4 rings (SSSR count). The number of non-ortho nitro benzene ring substituents is 2. The van der Waals surface area contributed by atoms with E-state index >= 15 is 0 Å². The minimum atomic E-state index is -4.96. The number of benzene rings is 2. The van der Waals surface area contributed by atoms with Gasteiger partial charge in [0.15, 0.2) is 0 Å². The topological polar surface area (TPSA) is 188 Å². The van der Waals surface area contributed by atoms with Crippen molar-refractivity contribution >= 4 is 17.5 Å². The molecule has 2 heterocycles. The quantitative estimate of drug-likeness (QED) is 0.0565. The first-order valence-electron chi connectivity index (χ1n) is 14.3. The van der Waals surface area contributed by atoms with Crippen molar-refractivity contribution in [3.8, 4) is 11.5 Å². The maximum Gasteiger partial charge on any atom is 0.519 e. The fourth-order valence-corrected chi connectivity index (χ4v) is 4.96. The first-order chi connectivity index (χ1) is 23.2. The average Bonchev–Trinajstić information content (AvgIpc) is 3.01. The van der Waals surface area contributed by atoms with Crippen LogP contribution in [0.5, 0.6) is 11.5 Å². The van der Waals surface area contributed by atoms with Crippen LogP contribution in [0.25, 0.3) is 0 Å². The molecule has 0 fully saturated rings. The van der Waals surface area contributed by atoms with Gasteiger partial charge in [-0.15, -0.1) is 0 Å². The molecule has 0 saturated carbocycles. The van der Waals surface area contributed by atoms with Gasteiger partial charge in [-0.1, -0.05) is 13.8 Å². The molecule has 0 aliphatic rings. The lowest BCUT2D eigenvalue weighted by Crippen LogP contribution is -2.22. The van der Waals surface area contributed by atoms with Crippen LogP contribution in [0.3, 0.4) is 0 Å². The van der Waals surface area contributed by atoms with E-state index in [-0.39, 0.29) is 46.6 Å². The van der Waals surface area contributed by atoms with Crippen LogP contribution in [0.1, 0.15) is 59.1 Å². The molecule has 2 aromatic heterocycles. The molecule has 0 radical (unpaired) electrons. The summed E-state index contributed by atoms with van der Waals surface area (Å²) in [5.41, 5.74) is -6.59. The summed E-state index contributed by atoms with van der Waals surface area (Å²) >= 11 is 0. The number of H-pyrrole nitrogens is 2. The molecular weight excluding hydrogens is 686 g/mol. The number of hydrogen-bond donors (Lipinski definition) is 2. The summed E-state index contributed by atoms with van der Waals surface area (Å²) in [6.45, 7) is 2.91. The molecule has 264 valence electrons. The van der Waals surface area contributed by atoms with Crippen molar-refractivity contribution in [3.63, 3.8) is 0 Å². The maximum absolute atomic E-state index is 13.3. The van der Waals surface area contributed by atoms with Gasteiger partial charge in [0.25, 0.3) is 22.5 Å². The van der Waals surface area contributed by atoms with Crippen LogP contribution in [-0.2, 0) is 25.2 Å². The number of carbonyl (C=O) groups excluding carboxylic acids is 1. The molecule has 2 aromatic carbocycles. The van der Waals surface area contributed by atoms with Gasteiger partial charge in [-0.3, -0.25) is 29.8 Å². The molecular formula is C31H24F6N4O9. The second-order valence-electron chi connectivity index (χ2n) is 11.1. The van der Waals surface area contributed by atoms with Gasteiger partial charge in [0.2, 0.25) is 0 Å². The Morgan fingerprint density at radius 1 is 0.700 bits per heavy atom. The number of ether oxygens (including phenoxy) is 2. The zero-order valence-electron chi connectivity index (χ0n) is 25.7. The van der Waals surface area contributed by atoms with E-state index in [0.29, 0.717) is 12.1 Å². The Morgan fingerprint density at radius 3 is 1.38 bits per heavy atom. The normalized spacial score (nSPS) is 13.0. The summed E-state index contributed by atoms with van der Waals surface area (Å²) in [6.07, 6.45) is -9.74. The summed E-state index contributed by atoms with van der Waals surface area (Å²) in [7, 11) is 0. The third kappa shape index (κ3) is 8.71. The first kappa shape index (κ1) is 36.8. The minimum absolute atomic E-state index is 0.00597. The molecule has 4 aromatic rings. The molecule has 2 unspecified atom stereocenters. The van der Waals surface area contributed by atoms with Crippen molar-refractivity contribution in [2.45, 2.75) is 50.9 Å². The predicted molar refractivity (Wildman–Crippen MR) is 161 cm³/mol. The summed E-state index contributed by atoms with van der Waals surface area (Å²) in [6, 6.07) is 7.36. The van der Waals surface area contributed by atoms with E-state index in [1.807, 2.05) is 9.97 Å². The van der Waals surface area contributed by atoms with Crippen LogP contribution in [0, 0.1) is 20.2 Å². The van der Waals surface area contributed by atoms with Crippen molar-refractivity contribution in [3.05, 3.63) is 135 Å². The Kier molecular flexibility index (Phi) is 10.5. The molecule has 13 nitrogen and oxygen atoms in total. The number of carbonyl (C=O) groups is 1. The van der Waals surface area contributed by atoms with Crippen LogP contribution in [0.2, 0.25) is 0 Å². The van der Waals surface area contributed by atoms with Crippen LogP contribution < -0.4 is 20.6 Å². The second-order valence-corrected chi connectivity index (χ2v) is 11.1. The number of nitro groups is 2. The third-order valence-electron chi connectivity index (χ3n) is 7.55. The smallest absolute Gasteiger partial charge is 0.394 e. The first-order valence-corrected chi connectivity index (χ1v) is 14.3. The molecule has 0 spiro atoms. The number of nitrogens with zero attached hydrogens (tertiary/aromatic N) is 2. The molecule has 19 heteroatoms. The van der Waals surface area contributed by atoms with Gasteiger partial charge < -0.3 is 19.4 Å². The Balaban J connectivity index is 1.62. The Labute approximate surface area is 275 Å². The van der Waals surface area contributed by atoms with Crippen molar-refractivity contribution in [2.24, 2.45) is 0 Å². The van der Waals surface area contributed by atoms with E-state index in [0.717, 1.165) is 48.8 Å². The summed E-state index contributed by atoms with van der Waals surface area (Å²) < 4.78 is 90.5. The van der Waals surface area contributed by atoms with E-state index in [2.05, 4.69) is 0 Å². The van der Waals surface area contributed by atoms with Gasteiger partial charge in [0, 0.05) is 47.8 Å². The number of alkyl halides is 6. The Hall–Kier alpha value is -6.01. The maximum atomic E-state index is 13.3. The van der Waals surface area contributed by atoms with Gasteiger partial charge in [0.05, 0.1) is 9.85 Å². The highest BCUT2D eigenvalue weighted by atomic mass is 19.4. The molecule has 0 aliphatic carbocycles. The zero-order chi connectivity index (χ0) is 37.1. The number of aromatic amines is 2. The lowest BCUT2D eigenvalue weighted by atomic mass is 9.93. The van der Waals surface area contributed by atoms with Crippen LogP contribution in [0.4, 0.5) is 42.5 Å². The summed E-state index contributed by atoms with van der Waals surface area (Å²) in [5.74, 6) is -2.22. The lowest BCUT2D eigenvalue weighted by molar-refractivity contribution is -0.385.